The van der Waals surface area contributed by atoms with Crippen molar-refractivity contribution < 1.29 is 9.21 Å². The number of hydrogen-bond donors (Lipinski definition) is 2. The SMILES string of the molecule is Cc1nc2cc(CNC(=O)CNC(C)C)ccc2o1. The molecule has 1 amide bonds. The molecule has 1 aromatic carbocycles. The molecular formula is C14H19N3O2. The maximum atomic E-state index is 11.6. The molecule has 1 heterocycles. The van der Waals surface area contributed by atoms with E-state index in [9.17, 15) is 4.79 Å². The Morgan fingerprint density at radius 2 is 2.21 bits per heavy atom. The largest absolute Gasteiger partial charge is 0.441 e. The predicted molar refractivity (Wildman–Crippen MR) is 73.7 cm³/mol. The van der Waals surface area contributed by atoms with E-state index in [1.54, 1.807) is 0 Å². The van der Waals surface area contributed by atoms with E-state index in [0.717, 1.165) is 16.7 Å². The van der Waals surface area contributed by atoms with Crippen LogP contribution >= 0.6 is 0 Å². The Balaban J connectivity index is 1.92. The van der Waals surface area contributed by atoms with E-state index in [-0.39, 0.29) is 5.91 Å². The first-order valence-corrected chi connectivity index (χ1v) is 6.41. The van der Waals surface area contributed by atoms with E-state index in [4.69, 9.17) is 4.42 Å². The van der Waals surface area contributed by atoms with Gasteiger partial charge in [-0.05, 0) is 17.7 Å². The second kappa shape index (κ2) is 5.84. The fourth-order valence-electron chi connectivity index (χ4n) is 1.76. The Morgan fingerprint density at radius 3 is 2.95 bits per heavy atom. The molecule has 0 aliphatic carbocycles. The van der Waals surface area contributed by atoms with Crippen molar-refractivity contribution >= 4 is 17.0 Å². The number of aryl methyl sites for hydroxylation is 1. The van der Waals surface area contributed by atoms with Gasteiger partial charge in [0.2, 0.25) is 5.91 Å². The van der Waals surface area contributed by atoms with Gasteiger partial charge in [-0.2, -0.15) is 0 Å². The van der Waals surface area contributed by atoms with E-state index in [2.05, 4.69) is 15.6 Å². The highest BCUT2D eigenvalue weighted by molar-refractivity contribution is 5.78. The summed E-state index contributed by atoms with van der Waals surface area (Å²) in [5.41, 5.74) is 2.61. The zero-order chi connectivity index (χ0) is 13.8. The standard InChI is InChI=1S/C14H19N3O2/c1-9(2)15-8-14(18)16-7-11-4-5-13-12(6-11)17-10(3)19-13/h4-6,9,15H,7-8H2,1-3H3,(H,16,18). The number of nitrogens with one attached hydrogen (secondary N) is 2. The Labute approximate surface area is 112 Å². The molecule has 0 fully saturated rings. The molecule has 2 aromatic rings. The molecule has 0 aliphatic heterocycles. The highest BCUT2D eigenvalue weighted by atomic mass is 16.3. The van der Waals surface area contributed by atoms with Crippen LogP contribution in [0.2, 0.25) is 0 Å². The Hall–Kier alpha value is -1.88. The predicted octanol–water partition coefficient (Wildman–Crippen LogP) is 1.75. The van der Waals surface area contributed by atoms with Gasteiger partial charge >= 0.3 is 0 Å². The van der Waals surface area contributed by atoms with Crippen molar-refractivity contribution in [1.29, 1.82) is 0 Å². The number of nitrogens with zero attached hydrogens (tertiary/aromatic N) is 1. The molecule has 0 saturated heterocycles. The van der Waals surface area contributed by atoms with Crippen LogP contribution in [0.1, 0.15) is 25.3 Å². The fraction of sp³-hybridized carbons (Fsp3) is 0.429. The molecule has 0 radical (unpaired) electrons. The van der Waals surface area contributed by atoms with Crippen LogP contribution < -0.4 is 10.6 Å². The molecule has 5 nitrogen and oxygen atoms in total. The van der Waals surface area contributed by atoms with Gasteiger partial charge < -0.3 is 15.1 Å². The fourth-order valence-corrected chi connectivity index (χ4v) is 1.76. The Kier molecular flexibility index (Phi) is 4.16. The van der Waals surface area contributed by atoms with Crippen molar-refractivity contribution in [3.63, 3.8) is 0 Å². The van der Waals surface area contributed by atoms with Crippen molar-refractivity contribution in [2.45, 2.75) is 33.4 Å². The average Bonchev–Trinajstić information content (AvgIpc) is 2.73. The van der Waals surface area contributed by atoms with Crippen LogP contribution in [0.5, 0.6) is 0 Å². The zero-order valence-corrected chi connectivity index (χ0v) is 11.5. The third kappa shape index (κ3) is 3.79. The van der Waals surface area contributed by atoms with Gasteiger partial charge in [-0.25, -0.2) is 4.98 Å². The maximum Gasteiger partial charge on any atom is 0.234 e. The molecule has 2 N–H and O–H groups in total. The minimum Gasteiger partial charge on any atom is -0.441 e. The summed E-state index contributed by atoms with van der Waals surface area (Å²) in [6.45, 7) is 6.67. The normalized spacial score (nSPS) is 11.2. The summed E-state index contributed by atoms with van der Waals surface area (Å²) < 4.78 is 5.40. The van der Waals surface area contributed by atoms with Crippen molar-refractivity contribution in [2.24, 2.45) is 0 Å². The molecule has 0 unspecified atom stereocenters. The third-order valence-electron chi connectivity index (χ3n) is 2.72. The summed E-state index contributed by atoms with van der Waals surface area (Å²) in [5, 5.41) is 5.94. The lowest BCUT2D eigenvalue weighted by Crippen LogP contribution is -2.36. The van der Waals surface area contributed by atoms with Gasteiger partial charge in [0, 0.05) is 19.5 Å². The quantitative estimate of drug-likeness (QED) is 0.860. The molecule has 2 rings (SSSR count). The first kappa shape index (κ1) is 13.5. The highest BCUT2D eigenvalue weighted by Crippen LogP contribution is 2.16. The second-order valence-corrected chi connectivity index (χ2v) is 4.85. The van der Waals surface area contributed by atoms with Gasteiger partial charge in [0.15, 0.2) is 11.5 Å². The smallest absolute Gasteiger partial charge is 0.234 e. The van der Waals surface area contributed by atoms with Crippen molar-refractivity contribution in [1.82, 2.24) is 15.6 Å². The number of carbonyl (C=O) groups is 1. The zero-order valence-electron chi connectivity index (χ0n) is 11.5. The van der Waals surface area contributed by atoms with Crippen LogP contribution in [0.25, 0.3) is 11.1 Å². The van der Waals surface area contributed by atoms with Gasteiger partial charge in [-0.3, -0.25) is 4.79 Å². The van der Waals surface area contributed by atoms with Crippen LogP contribution in [0, 0.1) is 6.92 Å². The number of benzene rings is 1. The van der Waals surface area contributed by atoms with Gasteiger partial charge in [-0.15, -0.1) is 0 Å². The molecule has 0 aliphatic rings. The molecule has 19 heavy (non-hydrogen) atoms. The number of rotatable bonds is 5. The molecule has 0 saturated carbocycles. The number of carbonyl (C=O) groups excluding carboxylic acids is 1. The lowest BCUT2D eigenvalue weighted by molar-refractivity contribution is -0.120. The second-order valence-electron chi connectivity index (χ2n) is 4.85. The van der Waals surface area contributed by atoms with E-state index in [1.807, 2.05) is 39.0 Å². The molecule has 0 spiro atoms. The lowest BCUT2D eigenvalue weighted by Gasteiger charge is -2.08. The molecule has 1 aromatic heterocycles. The monoisotopic (exact) mass is 261 g/mol. The first-order chi connectivity index (χ1) is 9.04. The summed E-state index contributed by atoms with van der Waals surface area (Å²) >= 11 is 0. The van der Waals surface area contributed by atoms with E-state index in [0.29, 0.717) is 25.0 Å². The van der Waals surface area contributed by atoms with Crippen LogP contribution in [0.15, 0.2) is 22.6 Å². The molecule has 0 bridgehead atoms. The van der Waals surface area contributed by atoms with Crippen molar-refractivity contribution in [3.8, 4) is 0 Å². The molecule has 0 atom stereocenters. The van der Waals surface area contributed by atoms with Crippen molar-refractivity contribution in [3.05, 3.63) is 29.7 Å². The highest BCUT2D eigenvalue weighted by Gasteiger charge is 2.05. The van der Waals surface area contributed by atoms with E-state index in [1.165, 1.54) is 0 Å². The van der Waals surface area contributed by atoms with E-state index >= 15 is 0 Å². The summed E-state index contributed by atoms with van der Waals surface area (Å²) in [7, 11) is 0. The van der Waals surface area contributed by atoms with Crippen LogP contribution in [-0.2, 0) is 11.3 Å². The number of fused-ring (bicyclic) bond motifs is 1. The van der Waals surface area contributed by atoms with Crippen LogP contribution in [0.3, 0.4) is 0 Å². The molecule has 5 heteroatoms. The van der Waals surface area contributed by atoms with Gasteiger partial charge in [-0.1, -0.05) is 19.9 Å². The average molecular weight is 261 g/mol. The Bertz CT molecular complexity index is 575. The summed E-state index contributed by atoms with van der Waals surface area (Å²) in [4.78, 5) is 15.8. The first-order valence-electron chi connectivity index (χ1n) is 6.41. The Morgan fingerprint density at radius 1 is 1.42 bits per heavy atom. The topological polar surface area (TPSA) is 67.2 Å². The van der Waals surface area contributed by atoms with Gasteiger partial charge in [0.05, 0.1) is 6.54 Å². The van der Waals surface area contributed by atoms with Crippen LogP contribution in [-0.4, -0.2) is 23.5 Å². The number of aromatic nitrogens is 1. The lowest BCUT2D eigenvalue weighted by atomic mass is 10.2. The van der Waals surface area contributed by atoms with Gasteiger partial charge in [0.1, 0.15) is 5.52 Å². The summed E-state index contributed by atoms with van der Waals surface area (Å²) in [5.74, 6) is 0.641. The van der Waals surface area contributed by atoms with Crippen LogP contribution in [0.4, 0.5) is 0 Å². The molecular weight excluding hydrogens is 242 g/mol. The minimum atomic E-state index is -0.00914. The third-order valence-corrected chi connectivity index (χ3v) is 2.72. The summed E-state index contributed by atoms with van der Waals surface area (Å²) in [6, 6.07) is 6.05. The van der Waals surface area contributed by atoms with E-state index < -0.39 is 0 Å². The van der Waals surface area contributed by atoms with Crippen molar-refractivity contribution in [2.75, 3.05) is 6.54 Å². The molecule has 102 valence electrons. The maximum absolute atomic E-state index is 11.6. The number of oxazole rings is 1. The summed E-state index contributed by atoms with van der Waals surface area (Å²) in [6.07, 6.45) is 0. The number of hydrogen-bond acceptors (Lipinski definition) is 4. The van der Waals surface area contributed by atoms with Gasteiger partial charge in [0.25, 0.3) is 0 Å². The minimum absolute atomic E-state index is 0.00914. The number of amides is 1.